The van der Waals surface area contributed by atoms with Gasteiger partial charge in [-0.25, -0.2) is 4.79 Å². The quantitative estimate of drug-likeness (QED) is 0.525. The Morgan fingerprint density at radius 2 is 2.11 bits per heavy atom. The Kier molecular flexibility index (Phi) is 4.88. The summed E-state index contributed by atoms with van der Waals surface area (Å²) in [5.41, 5.74) is -0.930. The predicted molar refractivity (Wildman–Crippen MR) is 66.2 cm³/mol. The maximum absolute atomic E-state index is 12.0. The molecule has 1 fully saturated rings. The molecular weight excluding hydrogens is 252 g/mol. The van der Waals surface area contributed by atoms with Gasteiger partial charge in [-0.3, -0.25) is 14.5 Å². The van der Waals surface area contributed by atoms with Gasteiger partial charge in [-0.15, -0.1) is 0 Å². The molecule has 2 N–H and O–H groups in total. The fourth-order valence-corrected chi connectivity index (χ4v) is 1.84. The Bertz CT molecular complexity index is 384. The lowest BCUT2D eigenvalue weighted by molar-refractivity contribution is -0.146. The summed E-state index contributed by atoms with van der Waals surface area (Å²) >= 11 is 0. The molecule has 0 aromatic heterocycles. The van der Waals surface area contributed by atoms with Crippen LogP contribution in [0.1, 0.15) is 33.6 Å². The molecule has 1 rings (SSSR count). The number of carbonyl (C=O) groups is 3. The Morgan fingerprint density at radius 3 is 2.58 bits per heavy atom. The van der Waals surface area contributed by atoms with Gasteiger partial charge in [0.25, 0.3) is 5.91 Å². The number of nitrogens with one attached hydrogen (secondary N) is 1. The van der Waals surface area contributed by atoms with E-state index in [-0.39, 0.29) is 25.5 Å². The van der Waals surface area contributed by atoms with Crippen molar-refractivity contribution in [3.8, 4) is 0 Å². The van der Waals surface area contributed by atoms with E-state index in [0.717, 1.165) is 4.90 Å². The van der Waals surface area contributed by atoms with Crippen LogP contribution in [0.4, 0.5) is 4.79 Å². The van der Waals surface area contributed by atoms with Crippen molar-refractivity contribution >= 4 is 17.9 Å². The van der Waals surface area contributed by atoms with Gasteiger partial charge >= 0.3 is 12.0 Å². The number of nitrogens with zero attached hydrogens (tertiary/aromatic N) is 1. The van der Waals surface area contributed by atoms with Gasteiger partial charge in [0.1, 0.15) is 5.54 Å². The number of urea groups is 1. The summed E-state index contributed by atoms with van der Waals surface area (Å²) in [6.07, 6.45) is -0.900. The van der Waals surface area contributed by atoms with Crippen LogP contribution in [-0.2, 0) is 14.3 Å². The summed E-state index contributed by atoms with van der Waals surface area (Å²) in [6, 6.07) is -0.544. The highest BCUT2D eigenvalue weighted by Gasteiger charge is 2.46. The highest BCUT2D eigenvalue weighted by Crippen LogP contribution is 2.21. The van der Waals surface area contributed by atoms with Crippen LogP contribution in [0.2, 0.25) is 0 Å². The molecule has 3 amide bonds. The van der Waals surface area contributed by atoms with Crippen LogP contribution in [0.25, 0.3) is 0 Å². The minimum Gasteiger partial charge on any atom is -0.466 e. The van der Waals surface area contributed by atoms with Gasteiger partial charge in [0, 0.05) is 0 Å². The molecule has 0 aromatic rings. The number of carbonyl (C=O) groups excluding carboxylic acids is 3. The Labute approximate surface area is 111 Å². The normalized spacial score (nSPS) is 24.3. The van der Waals surface area contributed by atoms with E-state index < -0.39 is 23.6 Å². The number of aliphatic hydroxyl groups is 1. The van der Waals surface area contributed by atoms with Crippen LogP contribution >= 0.6 is 0 Å². The summed E-state index contributed by atoms with van der Waals surface area (Å²) in [5, 5.41) is 12.3. The first kappa shape index (κ1) is 15.4. The van der Waals surface area contributed by atoms with Crippen molar-refractivity contribution in [2.75, 3.05) is 13.2 Å². The minimum atomic E-state index is -1.12. The van der Waals surface area contributed by atoms with Crippen molar-refractivity contribution in [3.63, 3.8) is 0 Å². The maximum atomic E-state index is 12.0. The fourth-order valence-electron chi connectivity index (χ4n) is 1.84. The van der Waals surface area contributed by atoms with Crippen LogP contribution in [0.15, 0.2) is 0 Å². The highest BCUT2D eigenvalue weighted by atomic mass is 16.5. The Balaban J connectivity index is 2.60. The van der Waals surface area contributed by atoms with Crippen LogP contribution in [-0.4, -0.2) is 52.7 Å². The van der Waals surface area contributed by atoms with Gasteiger partial charge in [0.2, 0.25) is 0 Å². The van der Waals surface area contributed by atoms with E-state index >= 15 is 0 Å². The first-order valence-electron chi connectivity index (χ1n) is 6.31. The van der Waals surface area contributed by atoms with Crippen LogP contribution in [0.5, 0.6) is 0 Å². The van der Waals surface area contributed by atoms with E-state index in [2.05, 4.69) is 10.1 Å². The number of amides is 3. The monoisotopic (exact) mass is 272 g/mol. The van der Waals surface area contributed by atoms with Crippen LogP contribution in [0.3, 0.4) is 0 Å². The molecule has 108 valence electrons. The second kappa shape index (κ2) is 6.01. The topological polar surface area (TPSA) is 95.9 Å². The fraction of sp³-hybridized carbons (Fsp3) is 0.750. The average Bonchev–Trinajstić information content (AvgIpc) is 2.54. The largest absolute Gasteiger partial charge is 0.466 e. The molecule has 0 aliphatic carbocycles. The molecule has 7 heteroatoms. The molecule has 19 heavy (non-hydrogen) atoms. The summed E-state index contributed by atoms with van der Waals surface area (Å²) in [7, 11) is 0. The van der Waals surface area contributed by atoms with E-state index in [1.54, 1.807) is 20.8 Å². The molecule has 0 saturated carbocycles. The van der Waals surface area contributed by atoms with E-state index in [9.17, 15) is 19.5 Å². The van der Waals surface area contributed by atoms with Crippen molar-refractivity contribution in [1.29, 1.82) is 0 Å². The molecule has 2 unspecified atom stereocenters. The number of β-amino-alcohol motifs (C(OH)–C–C–N with tert-alkyl or cyclic N) is 1. The summed E-state index contributed by atoms with van der Waals surface area (Å²) < 4.78 is 4.69. The van der Waals surface area contributed by atoms with Gasteiger partial charge < -0.3 is 15.2 Å². The second-order valence-electron chi connectivity index (χ2n) is 4.69. The van der Waals surface area contributed by atoms with Crippen LogP contribution < -0.4 is 5.32 Å². The van der Waals surface area contributed by atoms with Gasteiger partial charge in [0.05, 0.1) is 25.7 Å². The number of rotatable bonds is 6. The van der Waals surface area contributed by atoms with E-state index in [1.807, 2.05) is 0 Å². The minimum absolute atomic E-state index is 0.209. The molecule has 0 bridgehead atoms. The third kappa shape index (κ3) is 3.44. The molecule has 1 aliphatic heterocycles. The zero-order chi connectivity index (χ0) is 14.6. The standard InChI is InChI=1S/C12H20N2O5/c1-4-12(3)10(17)14(11(18)13-12)7-8(15)6-9(16)19-5-2/h8,15H,4-7H2,1-3H3,(H,13,18). The molecule has 0 radical (unpaired) electrons. The Morgan fingerprint density at radius 1 is 1.47 bits per heavy atom. The molecule has 1 saturated heterocycles. The summed E-state index contributed by atoms with van der Waals surface area (Å²) in [5.74, 6) is -0.941. The number of esters is 1. The molecule has 7 nitrogen and oxygen atoms in total. The lowest BCUT2D eigenvalue weighted by Crippen LogP contribution is -2.44. The van der Waals surface area contributed by atoms with E-state index in [4.69, 9.17) is 0 Å². The highest BCUT2D eigenvalue weighted by molar-refractivity contribution is 6.06. The molecule has 0 spiro atoms. The smallest absolute Gasteiger partial charge is 0.325 e. The van der Waals surface area contributed by atoms with Gasteiger partial charge in [-0.2, -0.15) is 0 Å². The number of imide groups is 1. The molecule has 1 aliphatic rings. The second-order valence-corrected chi connectivity index (χ2v) is 4.69. The van der Waals surface area contributed by atoms with Gasteiger partial charge in [0.15, 0.2) is 0 Å². The maximum Gasteiger partial charge on any atom is 0.325 e. The first-order valence-corrected chi connectivity index (χ1v) is 6.31. The third-order valence-electron chi connectivity index (χ3n) is 3.15. The van der Waals surface area contributed by atoms with Gasteiger partial charge in [-0.1, -0.05) is 6.92 Å². The lowest BCUT2D eigenvalue weighted by atomic mass is 9.99. The predicted octanol–water partition coefficient (Wildman–Crippen LogP) is 0.0210. The van der Waals surface area contributed by atoms with Crippen molar-refractivity contribution in [2.24, 2.45) is 0 Å². The number of hydrogen-bond donors (Lipinski definition) is 2. The lowest BCUT2D eigenvalue weighted by Gasteiger charge is -2.20. The molecule has 2 atom stereocenters. The van der Waals surface area contributed by atoms with E-state index in [1.165, 1.54) is 0 Å². The van der Waals surface area contributed by atoms with Crippen molar-refractivity contribution in [1.82, 2.24) is 10.2 Å². The van der Waals surface area contributed by atoms with Crippen molar-refractivity contribution < 1.29 is 24.2 Å². The average molecular weight is 272 g/mol. The molecular formula is C12H20N2O5. The van der Waals surface area contributed by atoms with Gasteiger partial charge in [-0.05, 0) is 20.3 Å². The number of hydrogen-bond acceptors (Lipinski definition) is 5. The van der Waals surface area contributed by atoms with Crippen molar-refractivity contribution in [2.45, 2.75) is 45.3 Å². The first-order chi connectivity index (χ1) is 8.84. The molecule has 0 aromatic carbocycles. The zero-order valence-corrected chi connectivity index (χ0v) is 11.4. The number of ether oxygens (including phenoxy) is 1. The number of aliphatic hydroxyl groups excluding tert-OH is 1. The molecule has 1 heterocycles. The van der Waals surface area contributed by atoms with Crippen LogP contribution in [0, 0.1) is 0 Å². The summed E-state index contributed by atoms with van der Waals surface area (Å²) in [6.45, 7) is 5.09. The Hall–Kier alpha value is -1.63. The third-order valence-corrected chi connectivity index (χ3v) is 3.15. The van der Waals surface area contributed by atoms with E-state index in [0.29, 0.717) is 6.42 Å². The SMILES string of the molecule is CCOC(=O)CC(O)CN1C(=O)NC(C)(CC)C1=O. The zero-order valence-electron chi connectivity index (χ0n) is 11.4. The summed E-state index contributed by atoms with van der Waals surface area (Å²) in [4.78, 5) is 35.8. The van der Waals surface area contributed by atoms with Crippen molar-refractivity contribution in [3.05, 3.63) is 0 Å².